The number of carboxylic acids is 1. The van der Waals surface area contributed by atoms with Crippen molar-refractivity contribution in [3.63, 3.8) is 0 Å². The molecule has 0 aliphatic carbocycles. The first-order valence-corrected chi connectivity index (χ1v) is 16.4. The van der Waals surface area contributed by atoms with Crippen molar-refractivity contribution >= 4 is 47.6 Å². The fraction of sp³-hybridized carbons (Fsp3) is 0.355. The monoisotopic (exact) mass is 676 g/mol. The maximum Gasteiger partial charge on any atom is 0.421 e. The Balaban J connectivity index is 1.76. The highest BCUT2D eigenvalue weighted by atomic mass is 31.2. The Labute approximate surface area is 268 Å². The second-order valence-electron chi connectivity index (χ2n) is 10.3. The van der Waals surface area contributed by atoms with Crippen molar-refractivity contribution < 1.29 is 41.4 Å². The molecule has 4 rings (SSSR count). The Morgan fingerprint density at radius 1 is 1.09 bits per heavy atom. The molecule has 0 radical (unpaired) electrons. The summed E-state index contributed by atoms with van der Waals surface area (Å²) in [5.74, 6) is -2.02. The highest BCUT2D eigenvalue weighted by Crippen LogP contribution is 2.51. The van der Waals surface area contributed by atoms with E-state index in [2.05, 4.69) is 20.6 Å². The number of pyridine rings is 1. The van der Waals surface area contributed by atoms with Gasteiger partial charge in [0.25, 0.3) is 0 Å². The summed E-state index contributed by atoms with van der Waals surface area (Å²) in [6, 6.07) is 8.01. The highest BCUT2D eigenvalue weighted by molar-refractivity contribution is 7.53. The predicted octanol–water partition coefficient (Wildman–Crippen LogP) is 6.08. The molecule has 2 aromatic heterocycles. The molecule has 252 valence electrons. The zero-order chi connectivity index (χ0) is 34.5. The molecule has 0 amide bonds. The van der Waals surface area contributed by atoms with Gasteiger partial charge >= 0.3 is 13.8 Å². The Kier molecular flexibility index (Phi) is 10.9. The van der Waals surface area contributed by atoms with Gasteiger partial charge in [-0.05, 0) is 57.0 Å². The number of anilines is 4. The van der Waals surface area contributed by atoms with Crippen molar-refractivity contribution in [1.82, 2.24) is 14.5 Å². The lowest BCUT2D eigenvalue weighted by atomic mass is 10.1. The molecule has 1 atom stereocenters. The van der Waals surface area contributed by atoms with Crippen molar-refractivity contribution in [3.05, 3.63) is 75.7 Å². The number of benzene rings is 2. The van der Waals surface area contributed by atoms with Gasteiger partial charge in [-0.25, -0.2) is 4.98 Å². The second kappa shape index (κ2) is 14.5. The van der Waals surface area contributed by atoms with Crippen LogP contribution in [0.3, 0.4) is 0 Å². The smallest absolute Gasteiger partial charge is 0.421 e. The number of nitrogens with zero attached hydrogens (tertiary/aromatic N) is 3. The Hall–Kier alpha value is -4.46. The molecular weight excluding hydrogens is 642 g/mol. The summed E-state index contributed by atoms with van der Waals surface area (Å²) >= 11 is 0. The average molecular weight is 677 g/mol. The van der Waals surface area contributed by atoms with Crippen molar-refractivity contribution in [3.8, 4) is 5.75 Å². The normalized spacial score (nSPS) is 12.6. The number of carboxylic acid groups (broad SMARTS) is 1. The number of carbonyl (C=O) groups excluding carboxylic acids is 1. The molecule has 0 saturated heterocycles. The van der Waals surface area contributed by atoms with E-state index < -0.39 is 42.6 Å². The Bertz CT molecular complexity index is 1870. The number of carbonyl (C=O) groups is 1. The van der Waals surface area contributed by atoms with Gasteiger partial charge < -0.3 is 38.9 Å². The molecule has 47 heavy (non-hydrogen) atoms. The first-order chi connectivity index (χ1) is 22.2. The number of hydrogen-bond donors (Lipinski definition) is 2. The quantitative estimate of drug-likeness (QED) is 0.149. The number of aryl methyl sites for hydroxylation is 1. The lowest BCUT2D eigenvalue weighted by Crippen LogP contribution is -2.34. The third-order valence-corrected chi connectivity index (χ3v) is 9.18. The van der Waals surface area contributed by atoms with Crippen LogP contribution in [0.25, 0.3) is 10.9 Å². The summed E-state index contributed by atoms with van der Waals surface area (Å²) in [5.41, 5.74) is -0.512. The average Bonchev–Trinajstić information content (AvgIpc) is 3.00. The number of methoxy groups -OCH3 is 1. The van der Waals surface area contributed by atoms with E-state index in [4.69, 9.17) is 13.8 Å². The largest absolute Gasteiger partial charge is 0.548 e. The SMILES string of the molecule is CCOP(=O)(Cc1ccc(Nc2ncc(C(F)(F)F)c(Nc3cccc4c3c(=O)c(C)cn4C(CC)C(=O)[O-])n2)c(OC)c1)OCC. The van der Waals surface area contributed by atoms with Crippen LogP contribution in [0, 0.1) is 6.92 Å². The zero-order valence-electron chi connectivity index (χ0n) is 26.3. The topological polar surface area (TPSA) is 157 Å². The van der Waals surface area contributed by atoms with Gasteiger partial charge in [0.15, 0.2) is 5.43 Å². The molecule has 0 bridgehead atoms. The van der Waals surface area contributed by atoms with Crippen molar-refractivity contribution in [2.75, 3.05) is 31.0 Å². The van der Waals surface area contributed by atoms with Gasteiger partial charge in [0.05, 0.1) is 60.8 Å². The van der Waals surface area contributed by atoms with Crippen LogP contribution >= 0.6 is 7.60 Å². The summed E-state index contributed by atoms with van der Waals surface area (Å²) in [7, 11) is -2.04. The molecular formula is C31H34F3N5O7P-. The molecule has 4 aromatic rings. The molecule has 2 heterocycles. The number of aromatic nitrogens is 3. The van der Waals surface area contributed by atoms with Crippen LogP contribution in [0.1, 0.15) is 49.9 Å². The summed E-state index contributed by atoms with van der Waals surface area (Å²) in [5, 5.41) is 17.3. The third kappa shape index (κ3) is 7.92. The number of alkyl halides is 3. The third-order valence-electron chi connectivity index (χ3n) is 7.12. The van der Waals surface area contributed by atoms with Gasteiger partial charge in [-0.3, -0.25) is 9.36 Å². The minimum absolute atomic E-state index is 0.0248. The van der Waals surface area contributed by atoms with Crippen LogP contribution in [0.5, 0.6) is 5.75 Å². The minimum atomic E-state index is -4.88. The maximum absolute atomic E-state index is 14.1. The first kappa shape index (κ1) is 35.4. The number of rotatable bonds is 14. The van der Waals surface area contributed by atoms with E-state index in [0.717, 1.165) is 0 Å². The Morgan fingerprint density at radius 2 is 1.79 bits per heavy atom. The lowest BCUT2D eigenvalue weighted by molar-refractivity contribution is -0.310. The van der Waals surface area contributed by atoms with Gasteiger partial charge in [-0.15, -0.1) is 0 Å². The first-order valence-electron chi connectivity index (χ1n) is 14.6. The number of ether oxygens (including phenoxy) is 1. The maximum atomic E-state index is 14.1. The molecule has 0 spiro atoms. The summed E-state index contributed by atoms with van der Waals surface area (Å²) in [6.07, 6.45) is -2.80. The molecule has 0 fully saturated rings. The van der Waals surface area contributed by atoms with Crippen LogP contribution in [0.15, 0.2) is 53.6 Å². The van der Waals surface area contributed by atoms with Gasteiger partial charge in [-0.1, -0.05) is 19.1 Å². The summed E-state index contributed by atoms with van der Waals surface area (Å²) < 4.78 is 73.0. The summed E-state index contributed by atoms with van der Waals surface area (Å²) in [6.45, 7) is 6.88. The van der Waals surface area contributed by atoms with Crippen molar-refractivity contribution in [2.24, 2.45) is 0 Å². The van der Waals surface area contributed by atoms with E-state index in [1.165, 1.54) is 43.0 Å². The number of hydrogen-bond acceptors (Lipinski definition) is 11. The van der Waals surface area contributed by atoms with Crippen LogP contribution in [-0.2, 0) is 30.7 Å². The molecule has 2 aromatic carbocycles. The van der Waals surface area contributed by atoms with Crippen molar-refractivity contribution in [1.29, 1.82) is 0 Å². The molecule has 2 N–H and O–H groups in total. The van der Waals surface area contributed by atoms with Crippen LogP contribution in [0.4, 0.5) is 36.3 Å². The molecule has 0 saturated carbocycles. The van der Waals surface area contributed by atoms with Gasteiger partial charge in [0, 0.05) is 18.0 Å². The fourth-order valence-corrected chi connectivity index (χ4v) is 6.73. The highest BCUT2D eigenvalue weighted by Gasteiger charge is 2.36. The Morgan fingerprint density at radius 3 is 2.38 bits per heavy atom. The lowest BCUT2D eigenvalue weighted by Gasteiger charge is -2.24. The van der Waals surface area contributed by atoms with Gasteiger partial charge in [0.2, 0.25) is 5.95 Å². The van der Waals surface area contributed by atoms with Gasteiger partial charge in [0.1, 0.15) is 17.1 Å². The molecule has 0 aliphatic rings. The number of halogens is 3. The molecule has 12 nitrogen and oxygen atoms in total. The van der Waals surface area contributed by atoms with Gasteiger partial charge in [-0.2, -0.15) is 18.2 Å². The van der Waals surface area contributed by atoms with E-state index in [-0.39, 0.29) is 59.6 Å². The fourth-order valence-electron chi connectivity index (χ4n) is 5.04. The zero-order valence-corrected chi connectivity index (χ0v) is 27.2. The van der Waals surface area contributed by atoms with E-state index in [0.29, 0.717) is 17.4 Å². The van der Waals surface area contributed by atoms with Crippen LogP contribution < -0.4 is 25.9 Å². The predicted molar refractivity (Wildman–Crippen MR) is 168 cm³/mol. The number of aliphatic carboxylic acids is 1. The second-order valence-corrected chi connectivity index (χ2v) is 12.4. The molecule has 16 heteroatoms. The van der Waals surface area contributed by atoms with Crippen LogP contribution in [-0.4, -0.2) is 40.8 Å². The van der Waals surface area contributed by atoms with Crippen LogP contribution in [0.2, 0.25) is 0 Å². The van der Waals surface area contributed by atoms with Crippen molar-refractivity contribution in [2.45, 2.75) is 52.5 Å². The van der Waals surface area contributed by atoms with E-state index in [1.807, 2.05) is 0 Å². The molecule has 1 unspecified atom stereocenters. The summed E-state index contributed by atoms with van der Waals surface area (Å²) in [4.78, 5) is 33.1. The minimum Gasteiger partial charge on any atom is -0.548 e. The van der Waals surface area contributed by atoms with E-state index in [9.17, 15) is 32.4 Å². The van der Waals surface area contributed by atoms with E-state index >= 15 is 0 Å². The molecule has 0 aliphatic heterocycles. The number of nitrogens with one attached hydrogen (secondary N) is 2. The number of fused-ring (bicyclic) bond motifs is 1. The van der Waals surface area contributed by atoms with E-state index in [1.54, 1.807) is 39.0 Å². The standard InChI is InChI=1S/C31H35F3N5O7P/c1-6-23(29(41)42)39-16-18(4)27(40)26-22(10-9-11-24(26)39)36-28-20(31(32,33)34)15-35-30(38-28)37-21-13-12-19(14-25(21)44-5)17-47(43,45-7-2)46-8-3/h9-16,23H,6-8,17H2,1-5H3,(H,41,42)(H2,35,36,37,38)/p-1.